The largest absolute Gasteiger partial charge is 0.756 e. The number of phosphoric ester groups is 2. The Hall–Kier alpha value is -3.52. The van der Waals surface area contributed by atoms with Crippen LogP contribution in [0.4, 0.5) is 11.8 Å². The van der Waals surface area contributed by atoms with E-state index in [1.54, 1.807) is 0 Å². The average molecular weight is 794 g/mol. The molecular formula is C26H41N11O14P2. The summed E-state index contributed by atoms with van der Waals surface area (Å²) < 4.78 is 59.0. The van der Waals surface area contributed by atoms with E-state index in [-0.39, 0.29) is 34.1 Å². The number of nitrogen functional groups attached to an aromatic ring is 2. The predicted octanol–water partition coefficient (Wildman–Crippen LogP) is -3.83. The molecule has 2 saturated heterocycles. The molecule has 4 aromatic heterocycles. The van der Waals surface area contributed by atoms with Crippen LogP contribution in [-0.4, -0.2) is 136 Å². The fourth-order valence-corrected chi connectivity index (χ4v) is 6.54. The van der Waals surface area contributed by atoms with E-state index in [4.69, 9.17) is 39.6 Å². The number of nitrogens with two attached hydrogens (primary N) is 2. The molecule has 0 aromatic carbocycles. The highest BCUT2D eigenvalue weighted by molar-refractivity contribution is 7.47. The molecule has 4 aromatic rings. The number of imidazole rings is 2. The van der Waals surface area contributed by atoms with E-state index in [2.05, 4.69) is 62.4 Å². The number of aromatic amines is 1. The van der Waals surface area contributed by atoms with Crippen LogP contribution in [0.2, 0.25) is 0 Å². The molecule has 0 amide bonds. The number of nitrogens with one attached hydrogen (secondary N) is 2. The molecule has 0 spiro atoms. The Bertz CT molecular complexity index is 2030. The maximum atomic E-state index is 13.2. The highest BCUT2D eigenvalue weighted by atomic mass is 31.2. The van der Waals surface area contributed by atoms with Crippen LogP contribution in [0, 0.1) is 0 Å². The Morgan fingerprint density at radius 2 is 1.55 bits per heavy atom. The highest BCUT2D eigenvalue weighted by Gasteiger charge is 2.52. The van der Waals surface area contributed by atoms with Gasteiger partial charge in [0.15, 0.2) is 35.1 Å². The third-order valence-corrected chi connectivity index (χ3v) is 9.95. The fourth-order valence-electron chi connectivity index (χ4n) is 5.25. The summed E-state index contributed by atoms with van der Waals surface area (Å²) in [7, 11) is -4.91. The molecule has 10 N–H and O–H groups in total. The lowest BCUT2D eigenvalue weighted by molar-refractivity contribution is -0.881. The van der Waals surface area contributed by atoms with E-state index in [1.165, 1.54) is 22.9 Å². The first-order valence-electron chi connectivity index (χ1n) is 15.8. The van der Waals surface area contributed by atoms with E-state index >= 15 is 0 Å². The molecule has 2 aliphatic rings. The Balaban J connectivity index is 0.000000833. The molecule has 2 aliphatic heterocycles. The average Bonchev–Trinajstić information content (AvgIpc) is 3.83. The first-order valence-corrected chi connectivity index (χ1v) is 18.8. The van der Waals surface area contributed by atoms with Gasteiger partial charge in [-0.25, -0.2) is 24.5 Å². The van der Waals surface area contributed by atoms with Crippen LogP contribution in [0.25, 0.3) is 22.3 Å². The molecule has 0 aliphatic carbocycles. The molecule has 0 bridgehead atoms. The SMILES string of the molecule is CC(C)[NH+](C)C.CO[C@H]1C(OP(=O)(O)OC[C@H]2O[C@@H](n3cnc4c(=O)[nH]c(N)nc43)[C@@H](O)C2O)[C@@H](COP(=O)([O-])O)O[C@H]1n1cnc2c(N)ncnc21. The smallest absolute Gasteiger partial charge is 0.472 e. The molecule has 4 unspecified atom stereocenters. The zero-order valence-electron chi connectivity index (χ0n) is 28.9. The number of anilines is 2. The van der Waals surface area contributed by atoms with Crippen molar-refractivity contribution in [3.63, 3.8) is 0 Å². The molecule has 294 valence electrons. The number of quaternary nitrogens is 1. The van der Waals surface area contributed by atoms with Crippen molar-refractivity contribution in [3.8, 4) is 0 Å². The van der Waals surface area contributed by atoms with E-state index in [0.717, 1.165) is 23.3 Å². The lowest BCUT2D eigenvalue weighted by Crippen LogP contribution is -3.09. The Morgan fingerprint density at radius 3 is 2.17 bits per heavy atom. The zero-order chi connectivity index (χ0) is 39.0. The molecule has 25 nitrogen and oxygen atoms in total. The van der Waals surface area contributed by atoms with Gasteiger partial charge in [-0.3, -0.25) is 32.5 Å². The van der Waals surface area contributed by atoms with E-state index in [0.29, 0.717) is 0 Å². The number of aliphatic hydroxyl groups is 2. The number of aliphatic hydroxyl groups excluding tert-OH is 2. The number of ether oxygens (including phenoxy) is 3. The second kappa shape index (κ2) is 16.1. The van der Waals surface area contributed by atoms with Crippen molar-refractivity contribution in [3.05, 3.63) is 29.3 Å². The summed E-state index contributed by atoms with van der Waals surface area (Å²) in [6.07, 6.45) is -8.15. The number of aromatic nitrogens is 8. The summed E-state index contributed by atoms with van der Waals surface area (Å²) >= 11 is 0. The molecule has 0 saturated carbocycles. The van der Waals surface area contributed by atoms with Crippen molar-refractivity contribution in [1.82, 2.24) is 39.0 Å². The van der Waals surface area contributed by atoms with Crippen LogP contribution in [0.1, 0.15) is 26.3 Å². The summed E-state index contributed by atoms with van der Waals surface area (Å²) in [5.74, 6) is -0.212. The lowest BCUT2D eigenvalue weighted by Gasteiger charge is -2.26. The quantitative estimate of drug-likeness (QED) is 0.0637. The minimum absolute atomic E-state index is 0.0354. The molecule has 6 heterocycles. The van der Waals surface area contributed by atoms with Gasteiger partial charge in [-0.05, 0) is 13.8 Å². The van der Waals surface area contributed by atoms with Crippen molar-refractivity contribution < 1.29 is 66.7 Å². The number of nitrogens with zero attached hydrogens (tertiary/aromatic N) is 7. The lowest BCUT2D eigenvalue weighted by atomic mass is 10.1. The van der Waals surface area contributed by atoms with Gasteiger partial charge < -0.3 is 60.0 Å². The van der Waals surface area contributed by atoms with Crippen LogP contribution in [0.5, 0.6) is 0 Å². The monoisotopic (exact) mass is 793 g/mol. The number of methoxy groups -OCH3 is 1. The van der Waals surface area contributed by atoms with Gasteiger partial charge in [-0.1, -0.05) is 0 Å². The molecule has 27 heteroatoms. The van der Waals surface area contributed by atoms with Crippen LogP contribution in [0.15, 0.2) is 23.8 Å². The standard InChI is InChI=1S/C21H28N10O14P2.C5H13N/c1-40-14-13(8(3-41-46(35,36)37)44-20(14)30-5-26-9-15(22)24-4-25-16(9)30)45-47(38,39)42-2-7-11(32)12(33)19(43-7)31-6-27-10-17(31)28-21(23)29-18(10)34;1-5(2)6(3)4/h4-8,11-14,19-20,32-33H,2-3H2,1H3,(H,38,39)(H2,22,24,25)(H2,35,36,37)(H3,23,28,29,34);5H,1-4H3/t7-,8-,11?,12+,13?,14+,19-,20-;/m1./s1. The van der Waals surface area contributed by atoms with Crippen LogP contribution >= 0.6 is 15.6 Å². The van der Waals surface area contributed by atoms with Crippen molar-refractivity contribution in [2.75, 3.05) is 45.9 Å². The van der Waals surface area contributed by atoms with Crippen LogP contribution in [-0.2, 0) is 36.9 Å². The van der Waals surface area contributed by atoms with Gasteiger partial charge >= 0.3 is 7.82 Å². The molecule has 53 heavy (non-hydrogen) atoms. The first-order chi connectivity index (χ1) is 24.8. The third kappa shape index (κ3) is 9.07. The van der Waals surface area contributed by atoms with Gasteiger partial charge in [0.1, 0.15) is 48.5 Å². The Morgan fingerprint density at radius 1 is 0.943 bits per heavy atom. The third-order valence-electron chi connectivity index (χ3n) is 8.49. The minimum atomic E-state index is -5.29. The highest BCUT2D eigenvalue weighted by Crippen LogP contribution is 2.50. The molecular weight excluding hydrogens is 752 g/mol. The summed E-state index contributed by atoms with van der Waals surface area (Å²) in [5.41, 5.74) is 10.9. The van der Waals surface area contributed by atoms with Crippen LogP contribution in [0.3, 0.4) is 0 Å². The van der Waals surface area contributed by atoms with Gasteiger partial charge in [0, 0.05) is 7.11 Å². The van der Waals surface area contributed by atoms with Gasteiger partial charge in [0.2, 0.25) is 5.95 Å². The molecule has 10 atom stereocenters. The molecule has 6 rings (SSSR count). The van der Waals surface area contributed by atoms with Gasteiger partial charge in [-0.2, -0.15) is 4.98 Å². The summed E-state index contributed by atoms with van der Waals surface area (Å²) in [4.78, 5) is 67.1. The fraction of sp³-hybridized carbons (Fsp3) is 0.615. The first kappa shape index (κ1) is 40.7. The van der Waals surface area contributed by atoms with E-state index in [1.807, 2.05) is 0 Å². The topological polar surface area (TPSA) is 357 Å². The second-order valence-corrected chi connectivity index (χ2v) is 15.1. The number of phosphoric acid groups is 2. The Kier molecular flexibility index (Phi) is 12.3. The number of hydrogen-bond acceptors (Lipinski definition) is 19. The number of fused-ring (bicyclic) bond motifs is 2. The minimum Gasteiger partial charge on any atom is -0.756 e. The summed E-state index contributed by atoms with van der Waals surface area (Å²) in [6, 6.07) is 0.769. The second-order valence-electron chi connectivity index (χ2n) is 12.5. The van der Waals surface area contributed by atoms with Gasteiger partial charge in [0.05, 0.1) is 46.0 Å². The summed E-state index contributed by atoms with van der Waals surface area (Å²) in [5, 5.41) is 21.3. The molecule has 2 fully saturated rings. The maximum absolute atomic E-state index is 13.2. The van der Waals surface area contributed by atoms with Crippen molar-refractivity contribution in [1.29, 1.82) is 0 Å². The van der Waals surface area contributed by atoms with Gasteiger partial charge in [0.25, 0.3) is 13.4 Å². The van der Waals surface area contributed by atoms with Crippen molar-refractivity contribution >= 4 is 49.7 Å². The number of hydrogen-bond donors (Lipinski definition) is 8. The Labute approximate surface area is 299 Å². The van der Waals surface area contributed by atoms with E-state index in [9.17, 15) is 33.9 Å². The van der Waals surface area contributed by atoms with Crippen LogP contribution < -0.4 is 26.8 Å². The summed E-state index contributed by atoms with van der Waals surface area (Å²) in [6.45, 7) is 2.70. The zero-order valence-corrected chi connectivity index (χ0v) is 30.7. The van der Waals surface area contributed by atoms with Crippen molar-refractivity contribution in [2.45, 2.75) is 69.0 Å². The number of rotatable bonds is 12. The van der Waals surface area contributed by atoms with E-state index < -0.39 is 83.5 Å². The molecule has 0 radical (unpaired) electrons. The predicted molar refractivity (Wildman–Crippen MR) is 177 cm³/mol. The normalized spacial score (nSPS) is 28.4. The van der Waals surface area contributed by atoms with Gasteiger partial charge in [-0.15, -0.1) is 0 Å². The maximum Gasteiger partial charge on any atom is 0.472 e. The van der Waals surface area contributed by atoms with Crippen molar-refractivity contribution in [2.24, 2.45) is 0 Å². The number of H-pyrrole nitrogens is 1.